The Hall–Kier alpha value is -1.80. The summed E-state index contributed by atoms with van der Waals surface area (Å²) in [6, 6.07) is 4.10. The highest BCUT2D eigenvalue weighted by Crippen LogP contribution is 2.39. The van der Waals surface area contributed by atoms with Gasteiger partial charge < -0.3 is 15.0 Å². The molecule has 1 N–H and O–H groups in total. The maximum atomic E-state index is 13.5. The van der Waals surface area contributed by atoms with Crippen molar-refractivity contribution in [3.63, 3.8) is 0 Å². The van der Waals surface area contributed by atoms with E-state index >= 15 is 0 Å². The van der Waals surface area contributed by atoms with Gasteiger partial charge in [0.1, 0.15) is 5.75 Å². The Kier molecular flexibility index (Phi) is 7.40. The first kappa shape index (κ1) is 21.9. The molecular weight excluding hydrogens is 399 g/mol. The topological polar surface area (TPSA) is 37.4 Å². The second-order valence-electron chi connectivity index (χ2n) is 7.57. The number of thiazole rings is 1. The van der Waals surface area contributed by atoms with Crippen molar-refractivity contribution in [2.24, 2.45) is 0 Å². The molecule has 1 fully saturated rings. The zero-order chi connectivity index (χ0) is 20.9. The molecule has 0 unspecified atom stereocenters. The van der Waals surface area contributed by atoms with E-state index in [0.29, 0.717) is 16.7 Å². The van der Waals surface area contributed by atoms with Crippen LogP contribution in [-0.4, -0.2) is 36.6 Å². The zero-order valence-electron chi connectivity index (χ0n) is 16.9. The summed E-state index contributed by atoms with van der Waals surface area (Å²) in [4.78, 5) is 6.90. The summed E-state index contributed by atoms with van der Waals surface area (Å²) in [5.74, 6) is 0.259. The van der Waals surface area contributed by atoms with E-state index < -0.39 is 11.7 Å². The second-order valence-corrected chi connectivity index (χ2v) is 8.43. The molecule has 1 aliphatic rings. The molecule has 29 heavy (non-hydrogen) atoms. The van der Waals surface area contributed by atoms with Crippen molar-refractivity contribution >= 4 is 22.2 Å². The van der Waals surface area contributed by atoms with E-state index in [1.165, 1.54) is 17.4 Å². The smallest absolute Gasteiger partial charge is 0.420 e. The normalized spacial score (nSPS) is 18.0. The Morgan fingerprint density at radius 1 is 1.31 bits per heavy atom. The van der Waals surface area contributed by atoms with Gasteiger partial charge in [0.2, 0.25) is 0 Å². The van der Waals surface area contributed by atoms with E-state index in [0.717, 1.165) is 57.0 Å². The minimum Gasteiger partial charge on any atom is -0.493 e. The fourth-order valence-electron chi connectivity index (χ4n) is 3.55. The Bertz CT molecular complexity index is 794. The first-order valence-corrected chi connectivity index (χ1v) is 11.0. The van der Waals surface area contributed by atoms with Crippen molar-refractivity contribution in [3.8, 4) is 5.75 Å². The Labute approximate surface area is 174 Å². The number of aromatic nitrogens is 1. The summed E-state index contributed by atoms with van der Waals surface area (Å²) in [6.07, 6.45) is 0.423. The van der Waals surface area contributed by atoms with Gasteiger partial charge >= 0.3 is 6.18 Å². The number of rotatable bonds is 8. The number of hydrogen-bond acceptors (Lipinski definition) is 5. The molecule has 2 heterocycles. The van der Waals surface area contributed by atoms with Crippen LogP contribution in [0.1, 0.15) is 56.2 Å². The van der Waals surface area contributed by atoms with E-state index in [1.54, 1.807) is 6.07 Å². The molecule has 0 saturated carbocycles. The molecule has 8 heteroatoms. The van der Waals surface area contributed by atoms with Gasteiger partial charge in [-0.2, -0.15) is 13.2 Å². The number of hydrogen-bond donors (Lipinski definition) is 1. The molecule has 1 aliphatic heterocycles. The van der Waals surface area contributed by atoms with E-state index in [9.17, 15) is 13.2 Å². The van der Waals surface area contributed by atoms with Crippen LogP contribution in [0.5, 0.6) is 5.75 Å². The van der Waals surface area contributed by atoms with E-state index in [1.807, 2.05) is 12.3 Å². The SMILES string of the molecule is CCCCCOc1ccc(Nc2nc([C@H]3CCCN(C)C3)cs2)cc1C(F)(F)F. The van der Waals surface area contributed by atoms with E-state index in [4.69, 9.17) is 4.74 Å². The van der Waals surface area contributed by atoms with Crippen LogP contribution in [0.15, 0.2) is 23.6 Å². The maximum Gasteiger partial charge on any atom is 0.420 e. The number of unbranched alkanes of at least 4 members (excludes halogenated alkanes) is 2. The summed E-state index contributed by atoms with van der Waals surface area (Å²) in [7, 11) is 2.10. The predicted octanol–water partition coefficient (Wildman–Crippen LogP) is 6.28. The number of nitrogens with one attached hydrogen (secondary N) is 1. The van der Waals surface area contributed by atoms with Crippen molar-refractivity contribution in [2.75, 3.05) is 32.1 Å². The molecule has 4 nitrogen and oxygen atoms in total. The van der Waals surface area contributed by atoms with Gasteiger partial charge in [-0.15, -0.1) is 11.3 Å². The average molecular weight is 428 g/mol. The van der Waals surface area contributed by atoms with Crippen LogP contribution in [0.25, 0.3) is 0 Å². The van der Waals surface area contributed by atoms with Crippen molar-refractivity contribution in [1.29, 1.82) is 0 Å². The number of benzene rings is 1. The molecule has 3 rings (SSSR count). The molecule has 2 aromatic rings. The average Bonchev–Trinajstić information content (AvgIpc) is 3.14. The number of ether oxygens (including phenoxy) is 1. The minimum absolute atomic E-state index is 0.121. The van der Waals surface area contributed by atoms with Crippen molar-refractivity contribution < 1.29 is 17.9 Å². The number of nitrogens with zero attached hydrogens (tertiary/aromatic N) is 2. The summed E-state index contributed by atoms with van der Waals surface area (Å²) < 4.78 is 45.9. The lowest BCUT2D eigenvalue weighted by atomic mass is 9.96. The summed E-state index contributed by atoms with van der Waals surface area (Å²) in [6.45, 7) is 4.39. The van der Waals surface area contributed by atoms with Crippen LogP contribution in [0.2, 0.25) is 0 Å². The van der Waals surface area contributed by atoms with Crippen LogP contribution in [0.4, 0.5) is 24.0 Å². The van der Waals surface area contributed by atoms with Crippen LogP contribution in [0, 0.1) is 0 Å². The third-order valence-corrected chi connectivity index (χ3v) is 5.88. The Balaban J connectivity index is 1.70. The highest BCUT2D eigenvalue weighted by atomic mass is 32.1. The fraction of sp³-hybridized carbons (Fsp3) is 0.571. The first-order chi connectivity index (χ1) is 13.9. The van der Waals surface area contributed by atoms with Crippen LogP contribution < -0.4 is 10.1 Å². The molecule has 0 radical (unpaired) electrons. The standard InChI is InChI=1S/C21H28F3N3OS/c1-3-4-5-11-28-19-9-8-16(12-17(19)21(22,23)24)25-20-26-18(14-29-20)15-7-6-10-27(2)13-15/h8-9,12,14-15H,3-7,10-11,13H2,1-2H3,(H,25,26)/t15-/m0/s1. The highest BCUT2D eigenvalue weighted by Gasteiger charge is 2.35. The quantitative estimate of drug-likeness (QED) is 0.503. The first-order valence-electron chi connectivity index (χ1n) is 10.1. The second kappa shape index (κ2) is 9.80. The Morgan fingerprint density at radius 3 is 2.86 bits per heavy atom. The number of piperidine rings is 1. The van der Waals surface area contributed by atoms with Gasteiger partial charge in [0.25, 0.3) is 0 Å². The number of anilines is 2. The van der Waals surface area contributed by atoms with Gasteiger partial charge in [0, 0.05) is 23.5 Å². The van der Waals surface area contributed by atoms with Gasteiger partial charge in [0.05, 0.1) is 17.9 Å². The summed E-state index contributed by atoms with van der Waals surface area (Å²) >= 11 is 1.42. The van der Waals surface area contributed by atoms with Crippen molar-refractivity contribution in [3.05, 3.63) is 34.8 Å². The molecule has 0 bridgehead atoms. The maximum absolute atomic E-state index is 13.5. The van der Waals surface area contributed by atoms with Crippen LogP contribution in [-0.2, 0) is 6.18 Å². The third kappa shape index (κ3) is 6.09. The summed E-state index contributed by atoms with van der Waals surface area (Å²) in [5.41, 5.74) is 0.612. The number of likely N-dealkylation sites (tertiary alicyclic amines) is 1. The van der Waals surface area contributed by atoms with E-state index in [2.05, 4.69) is 22.2 Å². The molecule has 1 aromatic heterocycles. The zero-order valence-corrected chi connectivity index (χ0v) is 17.7. The van der Waals surface area contributed by atoms with Crippen LogP contribution in [0.3, 0.4) is 0 Å². The van der Waals surface area contributed by atoms with Crippen molar-refractivity contribution in [2.45, 2.75) is 51.1 Å². The monoisotopic (exact) mass is 427 g/mol. The van der Waals surface area contributed by atoms with Crippen molar-refractivity contribution in [1.82, 2.24) is 9.88 Å². The third-order valence-electron chi connectivity index (χ3n) is 5.11. The van der Waals surface area contributed by atoms with Gasteiger partial charge in [-0.25, -0.2) is 4.98 Å². The summed E-state index contributed by atoms with van der Waals surface area (Å²) in [5, 5.41) is 5.64. The largest absolute Gasteiger partial charge is 0.493 e. The molecule has 0 spiro atoms. The number of halogens is 3. The fourth-order valence-corrected chi connectivity index (χ4v) is 4.36. The molecule has 1 aromatic carbocycles. The molecular formula is C21H28F3N3OS. The Morgan fingerprint density at radius 2 is 2.14 bits per heavy atom. The predicted molar refractivity (Wildman–Crippen MR) is 111 cm³/mol. The van der Waals surface area contributed by atoms with E-state index in [-0.39, 0.29) is 12.4 Å². The highest BCUT2D eigenvalue weighted by molar-refractivity contribution is 7.13. The van der Waals surface area contributed by atoms with Gasteiger partial charge in [-0.05, 0) is 51.1 Å². The van der Waals surface area contributed by atoms with Crippen LogP contribution >= 0.6 is 11.3 Å². The number of likely N-dealkylation sites (N-methyl/N-ethyl adjacent to an activating group) is 1. The minimum atomic E-state index is -4.47. The van der Waals surface area contributed by atoms with Gasteiger partial charge in [0.15, 0.2) is 5.13 Å². The van der Waals surface area contributed by atoms with Gasteiger partial charge in [-0.3, -0.25) is 0 Å². The lowest BCUT2D eigenvalue weighted by Crippen LogP contribution is -2.30. The number of alkyl halides is 3. The molecule has 0 aliphatic carbocycles. The van der Waals surface area contributed by atoms with Gasteiger partial charge in [-0.1, -0.05) is 19.8 Å². The molecule has 1 saturated heterocycles. The molecule has 160 valence electrons. The lowest BCUT2D eigenvalue weighted by Gasteiger charge is -2.28. The molecule has 0 amide bonds. The molecule has 1 atom stereocenters. The lowest BCUT2D eigenvalue weighted by molar-refractivity contribution is -0.138.